The number of nitrogen functional groups attached to an aromatic ring is 1. The van der Waals surface area contributed by atoms with Gasteiger partial charge in [0.1, 0.15) is 15.4 Å². The van der Waals surface area contributed by atoms with Crippen molar-refractivity contribution < 1.29 is 14.3 Å². The molecule has 0 aliphatic rings. The Hall–Kier alpha value is -1.76. The van der Waals surface area contributed by atoms with Crippen molar-refractivity contribution in [1.82, 2.24) is 0 Å². The molecular formula is C13H21N3O3S. The van der Waals surface area contributed by atoms with Gasteiger partial charge in [-0.1, -0.05) is 13.3 Å². The minimum atomic E-state index is -0.631. The molecule has 1 aromatic heterocycles. The van der Waals surface area contributed by atoms with Crippen molar-refractivity contribution in [2.75, 3.05) is 30.8 Å². The first-order valence-corrected chi connectivity index (χ1v) is 7.35. The van der Waals surface area contributed by atoms with Crippen LogP contribution in [0.5, 0.6) is 0 Å². The number of rotatable bonds is 7. The third-order valence-corrected chi connectivity index (χ3v) is 4.16. The number of primary amides is 1. The van der Waals surface area contributed by atoms with E-state index >= 15 is 0 Å². The van der Waals surface area contributed by atoms with Gasteiger partial charge in [0, 0.05) is 13.6 Å². The minimum Gasteiger partial charge on any atom is -0.462 e. The Balaban J connectivity index is 3.22. The van der Waals surface area contributed by atoms with Gasteiger partial charge in [-0.2, -0.15) is 0 Å². The summed E-state index contributed by atoms with van der Waals surface area (Å²) >= 11 is 1.13. The highest BCUT2D eigenvalue weighted by atomic mass is 32.1. The van der Waals surface area contributed by atoms with Gasteiger partial charge in [0.2, 0.25) is 0 Å². The van der Waals surface area contributed by atoms with Gasteiger partial charge in [0.25, 0.3) is 5.91 Å². The number of nitrogens with zero attached hydrogens (tertiary/aromatic N) is 1. The van der Waals surface area contributed by atoms with Gasteiger partial charge >= 0.3 is 5.97 Å². The molecule has 0 aliphatic carbocycles. The van der Waals surface area contributed by atoms with Crippen LogP contribution in [0.2, 0.25) is 0 Å². The number of ether oxygens (including phenoxy) is 1. The van der Waals surface area contributed by atoms with Gasteiger partial charge in [-0.15, -0.1) is 11.3 Å². The molecule has 0 spiro atoms. The SMILES string of the molecule is CCCCN(C)c1sc(C(N)=O)c(N)c1C(=O)OCC. The van der Waals surface area contributed by atoms with E-state index in [0.717, 1.165) is 30.7 Å². The Bertz CT molecular complexity index is 499. The maximum Gasteiger partial charge on any atom is 0.343 e. The molecule has 1 amide bonds. The number of hydrogen-bond donors (Lipinski definition) is 2. The van der Waals surface area contributed by atoms with E-state index in [2.05, 4.69) is 6.92 Å². The molecule has 0 aliphatic heterocycles. The summed E-state index contributed by atoms with van der Waals surface area (Å²) in [5.74, 6) is -1.15. The van der Waals surface area contributed by atoms with E-state index in [4.69, 9.17) is 16.2 Å². The Morgan fingerprint density at radius 3 is 2.50 bits per heavy atom. The molecule has 0 fully saturated rings. The summed E-state index contributed by atoms with van der Waals surface area (Å²) in [5, 5.41) is 0.628. The highest BCUT2D eigenvalue weighted by molar-refractivity contribution is 7.19. The summed E-state index contributed by atoms with van der Waals surface area (Å²) in [6, 6.07) is 0. The summed E-state index contributed by atoms with van der Waals surface area (Å²) in [5.41, 5.74) is 11.5. The highest BCUT2D eigenvalue weighted by Crippen LogP contribution is 2.38. The first kappa shape index (κ1) is 16.3. The van der Waals surface area contributed by atoms with E-state index in [-0.39, 0.29) is 22.7 Å². The van der Waals surface area contributed by atoms with E-state index in [1.807, 2.05) is 11.9 Å². The quantitative estimate of drug-likeness (QED) is 0.748. The largest absolute Gasteiger partial charge is 0.462 e. The van der Waals surface area contributed by atoms with Crippen molar-refractivity contribution in [3.63, 3.8) is 0 Å². The van der Waals surface area contributed by atoms with Crippen molar-refractivity contribution in [2.45, 2.75) is 26.7 Å². The molecular weight excluding hydrogens is 278 g/mol. The molecule has 112 valence electrons. The molecule has 6 nitrogen and oxygen atoms in total. The Morgan fingerprint density at radius 1 is 1.35 bits per heavy atom. The van der Waals surface area contributed by atoms with Gasteiger partial charge in [-0.3, -0.25) is 4.79 Å². The first-order chi connectivity index (χ1) is 9.43. The molecule has 7 heteroatoms. The fraction of sp³-hybridized carbons (Fsp3) is 0.538. The van der Waals surface area contributed by atoms with Gasteiger partial charge in [-0.25, -0.2) is 4.79 Å². The molecule has 20 heavy (non-hydrogen) atoms. The lowest BCUT2D eigenvalue weighted by Gasteiger charge is -2.18. The topological polar surface area (TPSA) is 98.6 Å². The third-order valence-electron chi connectivity index (χ3n) is 2.82. The standard InChI is InChI=1S/C13H21N3O3S/c1-4-6-7-16(3)12-8(13(18)19-5-2)9(14)10(20-12)11(15)17/h4-7,14H2,1-3H3,(H2,15,17). The molecule has 4 N–H and O–H groups in total. The Labute approximate surface area is 122 Å². The number of unbranched alkanes of at least 4 members (excludes halogenated alkanes) is 1. The Kier molecular flexibility index (Phi) is 5.82. The number of thiophene rings is 1. The number of nitrogens with two attached hydrogens (primary N) is 2. The monoisotopic (exact) mass is 299 g/mol. The van der Waals surface area contributed by atoms with E-state index in [1.54, 1.807) is 6.92 Å². The molecule has 0 bridgehead atoms. The molecule has 1 heterocycles. The number of hydrogen-bond acceptors (Lipinski definition) is 6. The third kappa shape index (κ3) is 3.41. The summed E-state index contributed by atoms with van der Waals surface area (Å²) in [6.07, 6.45) is 2.01. The highest BCUT2D eigenvalue weighted by Gasteiger charge is 2.27. The van der Waals surface area contributed by atoms with Crippen LogP contribution in [0.1, 0.15) is 46.7 Å². The number of amides is 1. The minimum absolute atomic E-state index is 0.110. The van der Waals surface area contributed by atoms with Crippen molar-refractivity contribution >= 4 is 33.9 Å². The van der Waals surface area contributed by atoms with Crippen LogP contribution >= 0.6 is 11.3 Å². The first-order valence-electron chi connectivity index (χ1n) is 6.54. The molecule has 0 saturated heterocycles. The normalized spacial score (nSPS) is 10.3. The second-order valence-corrected chi connectivity index (χ2v) is 5.38. The lowest BCUT2D eigenvalue weighted by atomic mass is 10.2. The van der Waals surface area contributed by atoms with Gasteiger partial charge in [-0.05, 0) is 13.3 Å². The van der Waals surface area contributed by atoms with Crippen molar-refractivity contribution in [3.8, 4) is 0 Å². The van der Waals surface area contributed by atoms with E-state index in [0.29, 0.717) is 5.00 Å². The van der Waals surface area contributed by atoms with Crippen molar-refractivity contribution in [3.05, 3.63) is 10.4 Å². The zero-order chi connectivity index (χ0) is 15.3. The zero-order valence-corrected chi connectivity index (χ0v) is 12.9. The predicted molar refractivity (Wildman–Crippen MR) is 81.4 cm³/mol. The molecule has 1 rings (SSSR count). The number of esters is 1. The smallest absolute Gasteiger partial charge is 0.343 e. The molecule has 0 aromatic carbocycles. The van der Waals surface area contributed by atoms with Crippen molar-refractivity contribution in [1.29, 1.82) is 0 Å². The van der Waals surface area contributed by atoms with Gasteiger partial charge < -0.3 is 21.1 Å². The van der Waals surface area contributed by atoms with Crippen LogP contribution in [0.3, 0.4) is 0 Å². The van der Waals surface area contributed by atoms with Gasteiger partial charge in [0.15, 0.2) is 0 Å². The predicted octanol–water partition coefficient (Wildman–Crippen LogP) is 1.84. The average Bonchev–Trinajstić information content (AvgIpc) is 2.74. The fourth-order valence-electron chi connectivity index (χ4n) is 1.78. The van der Waals surface area contributed by atoms with Crippen molar-refractivity contribution in [2.24, 2.45) is 5.73 Å². The fourth-order valence-corrected chi connectivity index (χ4v) is 2.83. The average molecular weight is 299 g/mol. The van der Waals surface area contributed by atoms with Crippen LogP contribution in [0.15, 0.2) is 0 Å². The second-order valence-electron chi connectivity index (χ2n) is 4.38. The lowest BCUT2D eigenvalue weighted by Crippen LogP contribution is -2.20. The maximum absolute atomic E-state index is 12.0. The zero-order valence-electron chi connectivity index (χ0n) is 12.1. The van der Waals surface area contributed by atoms with Crippen LogP contribution in [0.4, 0.5) is 10.7 Å². The number of anilines is 2. The molecule has 0 saturated carbocycles. The molecule has 0 radical (unpaired) electrons. The molecule has 0 atom stereocenters. The second kappa shape index (κ2) is 7.14. The van der Waals surface area contributed by atoms with Gasteiger partial charge in [0.05, 0.1) is 12.3 Å². The summed E-state index contributed by atoms with van der Waals surface area (Å²) in [7, 11) is 1.86. The summed E-state index contributed by atoms with van der Waals surface area (Å²) in [6.45, 7) is 4.81. The number of carbonyl (C=O) groups is 2. The summed E-state index contributed by atoms with van der Waals surface area (Å²) < 4.78 is 5.01. The van der Waals surface area contributed by atoms with Crippen LogP contribution < -0.4 is 16.4 Å². The number of carbonyl (C=O) groups excluding carboxylic acids is 2. The lowest BCUT2D eigenvalue weighted by molar-refractivity contribution is 0.0529. The maximum atomic E-state index is 12.0. The van der Waals surface area contributed by atoms with Crippen LogP contribution in [-0.4, -0.2) is 32.1 Å². The van der Waals surface area contributed by atoms with E-state index in [9.17, 15) is 9.59 Å². The summed E-state index contributed by atoms with van der Waals surface area (Å²) in [4.78, 5) is 25.5. The van der Waals surface area contributed by atoms with Crippen LogP contribution in [0, 0.1) is 0 Å². The van der Waals surface area contributed by atoms with E-state index in [1.165, 1.54) is 0 Å². The molecule has 1 aromatic rings. The van der Waals surface area contributed by atoms with Crippen LogP contribution in [0.25, 0.3) is 0 Å². The van der Waals surface area contributed by atoms with E-state index < -0.39 is 11.9 Å². The molecule has 0 unspecified atom stereocenters. The Morgan fingerprint density at radius 2 is 2.00 bits per heavy atom. The van der Waals surface area contributed by atoms with Crippen LogP contribution in [-0.2, 0) is 4.74 Å².